The quantitative estimate of drug-likeness (QED) is 0.479. The number of carbonyl (C=O) groups excluding carboxylic acids is 2. The Morgan fingerprint density at radius 2 is 1.95 bits per heavy atom. The third-order valence-corrected chi connectivity index (χ3v) is 2.96. The highest BCUT2D eigenvalue weighted by Gasteiger charge is 2.05. The van der Waals surface area contributed by atoms with Crippen molar-refractivity contribution in [3.63, 3.8) is 0 Å². The van der Waals surface area contributed by atoms with E-state index in [0.717, 1.165) is 3.77 Å². The van der Waals surface area contributed by atoms with Gasteiger partial charge in [-0.1, -0.05) is 18.2 Å². The topological polar surface area (TPSA) is 68.5 Å². The first-order valence-electron chi connectivity index (χ1n) is 6.08. The van der Waals surface area contributed by atoms with Gasteiger partial charge in [0.1, 0.15) is 5.76 Å². The second-order valence-electron chi connectivity index (χ2n) is 4.00. The number of esters is 1. The van der Waals surface area contributed by atoms with Gasteiger partial charge in [0.2, 0.25) is 0 Å². The molecule has 0 atom stereocenters. The maximum absolute atomic E-state index is 11.6. The molecule has 0 saturated heterocycles. The van der Waals surface area contributed by atoms with Crippen molar-refractivity contribution in [1.82, 2.24) is 0 Å². The van der Waals surface area contributed by atoms with Gasteiger partial charge in [-0.05, 0) is 52.9 Å². The third kappa shape index (κ3) is 5.42. The number of amides is 1. The molecule has 2 rings (SSSR count). The molecule has 0 aliphatic rings. The molecule has 5 nitrogen and oxygen atoms in total. The predicted octanol–water partition coefficient (Wildman–Crippen LogP) is 3.08. The Labute approximate surface area is 135 Å². The van der Waals surface area contributed by atoms with Gasteiger partial charge in [-0.25, -0.2) is 4.79 Å². The van der Waals surface area contributed by atoms with E-state index in [2.05, 4.69) is 5.32 Å². The van der Waals surface area contributed by atoms with E-state index in [9.17, 15) is 9.59 Å². The highest BCUT2D eigenvalue weighted by atomic mass is 127. The van der Waals surface area contributed by atoms with Crippen LogP contribution in [0.25, 0.3) is 6.08 Å². The highest BCUT2D eigenvalue weighted by Crippen LogP contribution is 2.11. The van der Waals surface area contributed by atoms with Crippen LogP contribution in [0, 0.1) is 3.77 Å². The van der Waals surface area contributed by atoms with Crippen molar-refractivity contribution in [3.05, 3.63) is 58.1 Å². The summed E-state index contributed by atoms with van der Waals surface area (Å²) in [5.41, 5.74) is 0.652. The summed E-state index contributed by atoms with van der Waals surface area (Å²) in [6, 6.07) is 12.4. The van der Waals surface area contributed by atoms with Crippen LogP contribution < -0.4 is 5.32 Å². The number of rotatable bonds is 5. The Kier molecular flexibility index (Phi) is 5.56. The van der Waals surface area contributed by atoms with Crippen LogP contribution in [0.3, 0.4) is 0 Å². The first kappa shape index (κ1) is 15.3. The van der Waals surface area contributed by atoms with Crippen LogP contribution in [0.5, 0.6) is 0 Å². The number of nitrogens with one attached hydrogen (secondary N) is 1. The zero-order chi connectivity index (χ0) is 15.1. The van der Waals surface area contributed by atoms with E-state index in [4.69, 9.17) is 9.15 Å². The molecule has 0 fully saturated rings. The summed E-state index contributed by atoms with van der Waals surface area (Å²) in [7, 11) is 0. The largest absolute Gasteiger partial charge is 0.452 e. The number of para-hydroxylation sites is 1. The van der Waals surface area contributed by atoms with Crippen LogP contribution >= 0.6 is 22.6 Å². The summed E-state index contributed by atoms with van der Waals surface area (Å²) in [5, 5.41) is 2.61. The molecule has 0 unspecified atom stereocenters. The molecule has 108 valence electrons. The Morgan fingerprint density at radius 1 is 1.19 bits per heavy atom. The maximum Gasteiger partial charge on any atom is 0.331 e. The molecule has 1 amide bonds. The molecule has 6 heteroatoms. The Hall–Kier alpha value is -2.09. The van der Waals surface area contributed by atoms with Crippen LogP contribution in [0.15, 0.2) is 53.0 Å². The minimum atomic E-state index is -0.607. The molecule has 0 saturated carbocycles. The van der Waals surface area contributed by atoms with Crippen molar-refractivity contribution in [1.29, 1.82) is 0 Å². The Morgan fingerprint density at radius 3 is 2.62 bits per heavy atom. The molecule has 0 spiro atoms. The van der Waals surface area contributed by atoms with Gasteiger partial charge in [-0.15, -0.1) is 0 Å². The second-order valence-corrected chi connectivity index (χ2v) is 5.06. The lowest BCUT2D eigenvalue weighted by atomic mass is 10.3. The third-order valence-electron chi connectivity index (χ3n) is 2.38. The van der Waals surface area contributed by atoms with Crippen LogP contribution in [0.1, 0.15) is 5.76 Å². The monoisotopic (exact) mass is 397 g/mol. The van der Waals surface area contributed by atoms with Crippen LogP contribution in [0.4, 0.5) is 5.69 Å². The summed E-state index contributed by atoms with van der Waals surface area (Å²) in [6.45, 7) is -0.340. The van der Waals surface area contributed by atoms with E-state index in [-0.39, 0.29) is 6.61 Å². The second kappa shape index (κ2) is 7.63. The molecular weight excluding hydrogens is 385 g/mol. The van der Waals surface area contributed by atoms with Crippen molar-refractivity contribution < 1.29 is 18.7 Å². The highest BCUT2D eigenvalue weighted by molar-refractivity contribution is 14.1. The molecule has 21 heavy (non-hydrogen) atoms. The average molecular weight is 397 g/mol. The number of anilines is 1. The van der Waals surface area contributed by atoms with E-state index >= 15 is 0 Å². The number of benzene rings is 1. The lowest BCUT2D eigenvalue weighted by Gasteiger charge is -2.04. The number of carbonyl (C=O) groups is 2. The fourth-order valence-corrected chi connectivity index (χ4v) is 1.91. The summed E-state index contributed by atoms with van der Waals surface area (Å²) in [5.74, 6) is -0.454. The van der Waals surface area contributed by atoms with Gasteiger partial charge in [0, 0.05) is 11.8 Å². The molecule has 0 bridgehead atoms. The van der Waals surface area contributed by atoms with E-state index in [0.29, 0.717) is 11.4 Å². The molecule has 1 aromatic heterocycles. The maximum atomic E-state index is 11.6. The van der Waals surface area contributed by atoms with Gasteiger partial charge in [0.15, 0.2) is 10.4 Å². The minimum absolute atomic E-state index is 0.340. The van der Waals surface area contributed by atoms with E-state index in [1.54, 1.807) is 36.4 Å². The van der Waals surface area contributed by atoms with Gasteiger partial charge in [-0.2, -0.15) is 0 Å². The van der Waals surface area contributed by atoms with Crippen molar-refractivity contribution in [2.45, 2.75) is 0 Å². The van der Waals surface area contributed by atoms with Gasteiger partial charge in [0.25, 0.3) is 5.91 Å². The summed E-state index contributed by atoms with van der Waals surface area (Å²) in [4.78, 5) is 23.0. The normalized spacial score (nSPS) is 10.5. The molecule has 1 aromatic carbocycles. The molecule has 1 heterocycles. The molecule has 0 aliphatic carbocycles. The van der Waals surface area contributed by atoms with Crippen LogP contribution in [-0.4, -0.2) is 18.5 Å². The lowest BCUT2D eigenvalue weighted by molar-refractivity contribution is -0.142. The SMILES string of the molecule is O=C(COC(=O)/C=C/c1ccc(I)o1)Nc1ccccc1. The smallest absolute Gasteiger partial charge is 0.331 e. The number of halogens is 1. The molecular formula is C15H12INO4. The number of hydrogen-bond acceptors (Lipinski definition) is 4. The Balaban J connectivity index is 1.76. The van der Waals surface area contributed by atoms with E-state index < -0.39 is 11.9 Å². The van der Waals surface area contributed by atoms with Gasteiger partial charge >= 0.3 is 5.97 Å². The van der Waals surface area contributed by atoms with Crippen molar-refractivity contribution >= 4 is 46.2 Å². The van der Waals surface area contributed by atoms with Crippen LogP contribution in [0.2, 0.25) is 0 Å². The van der Waals surface area contributed by atoms with E-state index in [1.165, 1.54) is 12.2 Å². The number of hydrogen-bond donors (Lipinski definition) is 1. The van der Waals surface area contributed by atoms with Crippen molar-refractivity contribution in [3.8, 4) is 0 Å². The molecule has 2 aromatic rings. The summed E-state index contributed by atoms with van der Waals surface area (Å²) in [6.07, 6.45) is 2.70. The van der Waals surface area contributed by atoms with Crippen molar-refractivity contribution in [2.75, 3.05) is 11.9 Å². The lowest BCUT2D eigenvalue weighted by Crippen LogP contribution is -2.20. The summed E-state index contributed by atoms with van der Waals surface area (Å²) >= 11 is 2.02. The summed E-state index contributed by atoms with van der Waals surface area (Å²) < 4.78 is 10.8. The first-order valence-corrected chi connectivity index (χ1v) is 7.16. The van der Waals surface area contributed by atoms with E-state index in [1.807, 2.05) is 28.7 Å². The van der Waals surface area contributed by atoms with Gasteiger partial charge in [0.05, 0.1) is 0 Å². The number of ether oxygens (including phenoxy) is 1. The fourth-order valence-electron chi connectivity index (χ4n) is 1.47. The molecule has 0 radical (unpaired) electrons. The predicted molar refractivity (Wildman–Crippen MR) is 86.5 cm³/mol. The molecule has 0 aliphatic heterocycles. The Bertz CT molecular complexity index is 649. The zero-order valence-electron chi connectivity index (χ0n) is 10.9. The van der Waals surface area contributed by atoms with Gasteiger partial charge in [-0.3, -0.25) is 4.79 Å². The zero-order valence-corrected chi connectivity index (χ0v) is 13.1. The average Bonchev–Trinajstić information content (AvgIpc) is 2.90. The van der Waals surface area contributed by atoms with Crippen LogP contribution in [-0.2, 0) is 14.3 Å². The first-order chi connectivity index (χ1) is 10.1. The fraction of sp³-hybridized carbons (Fsp3) is 0.0667. The molecule has 1 N–H and O–H groups in total. The van der Waals surface area contributed by atoms with Crippen molar-refractivity contribution in [2.24, 2.45) is 0 Å². The standard InChI is InChI=1S/C15H12INO4/c16-13-8-6-12(21-13)7-9-15(19)20-10-14(18)17-11-4-2-1-3-5-11/h1-9H,10H2,(H,17,18)/b9-7+. The number of furan rings is 1. The van der Waals surface area contributed by atoms with Gasteiger partial charge < -0.3 is 14.5 Å². The minimum Gasteiger partial charge on any atom is -0.452 e.